The molecule has 0 radical (unpaired) electrons. The van der Waals surface area contributed by atoms with Crippen molar-refractivity contribution in [3.8, 4) is 0 Å². The van der Waals surface area contributed by atoms with E-state index in [4.69, 9.17) is 11.6 Å². The van der Waals surface area contributed by atoms with Gasteiger partial charge >= 0.3 is 5.37 Å². The number of benzene rings is 1. The zero-order valence-corrected chi connectivity index (χ0v) is 8.27. The standard InChI is InChI=1S/C10H12ClNO/c1-8-4-2-3-5-9(8)6-7-12-10(11)13/h2-5H,6-7H2,1H3,(H,12,13). The molecular weight excluding hydrogens is 186 g/mol. The summed E-state index contributed by atoms with van der Waals surface area (Å²) in [5, 5.41) is 2.06. The molecule has 0 aliphatic heterocycles. The van der Waals surface area contributed by atoms with Crippen molar-refractivity contribution in [2.75, 3.05) is 6.54 Å². The third-order valence-corrected chi connectivity index (χ3v) is 2.05. The maximum atomic E-state index is 10.4. The summed E-state index contributed by atoms with van der Waals surface area (Å²) in [4.78, 5) is 10.4. The Morgan fingerprint density at radius 2 is 2.15 bits per heavy atom. The van der Waals surface area contributed by atoms with Crippen molar-refractivity contribution in [2.45, 2.75) is 13.3 Å². The van der Waals surface area contributed by atoms with Crippen LogP contribution in [-0.2, 0) is 6.42 Å². The fourth-order valence-electron chi connectivity index (χ4n) is 1.19. The van der Waals surface area contributed by atoms with E-state index in [2.05, 4.69) is 24.4 Å². The van der Waals surface area contributed by atoms with E-state index < -0.39 is 5.37 Å². The van der Waals surface area contributed by atoms with Crippen LogP contribution in [0.5, 0.6) is 0 Å². The minimum atomic E-state index is -0.492. The minimum Gasteiger partial charge on any atom is -0.342 e. The van der Waals surface area contributed by atoms with Crippen LogP contribution in [0.25, 0.3) is 0 Å². The van der Waals surface area contributed by atoms with Crippen molar-refractivity contribution >= 4 is 17.0 Å². The molecule has 70 valence electrons. The van der Waals surface area contributed by atoms with Gasteiger partial charge in [0, 0.05) is 6.54 Å². The SMILES string of the molecule is Cc1ccccc1CCNC(=O)Cl. The van der Waals surface area contributed by atoms with Crippen molar-refractivity contribution in [1.82, 2.24) is 5.32 Å². The van der Waals surface area contributed by atoms with E-state index in [9.17, 15) is 4.79 Å². The van der Waals surface area contributed by atoms with Gasteiger partial charge in [0.15, 0.2) is 0 Å². The fourth-order valence-corrected chi connectivity index (χ4v) is 1.28. The Bertz CT molecular complexity index is 299. The van der Waals surface area contributed by atoms with Crippen molar-refractivity contribution < 1.29 is 4.79 Å². The maximum absolute atomic E-state index is 10.4. The first-order valence-corrected chi connectivity index (χ1v) is 4.56. The van der Waals surface area contributed by atoms with E-state index in [1.807, 2.05) is 12.1 Å². The topological polar surface area (TPSA) is 29.1 Å². The Morgan fingerprint density at radius 1 is 1.46 bits per heavy atom. The van der Waals surface area contributed by atoms with Gasteiger partial charge in [0.25, 0.3) is 0 Å². The molecule has 0 aliphatic carbocycles. The molecular formula is C10H12ClNO. The van der Waals surface area contributed by atoms with Gasteiger partial charge in [-0.25, -0.2) is 0 Å². The maximum Gasteiger partial charge on any atom is 0.313 e. The molecule has 0 aromatic heterocycles. The number of carbonyl (C=O) groups is 1. The highest BCUT2D eigenvalue weighted by molar-refractivity contribution is 6.62. The van der Waals surface area contributed by atoms with Crippen molar-refractivity contribution in [1.29, 1.82) is 0 Å². The van der Waals surface area contributed by atoms with E-state index in [-0.39, 0.29) is 0 Å². The van der Waals surface area contributed by atoms with Crippen LogP contribution in [0, 0.1) is 6.92 Å². The van der Waals surface area contributed by atoms with Gasteiger partial charge in [0.1, 0.15) is 0 Å². The van der Waals surface area contributed by atoms with Gasteiger partial charge in [-0.2, -0.15) is 0 Å². The number of halogens is 1. The lowest BCUT2D eigenvalue weighted by Crippen LogP contribution is -2.19. The lowest BCUT2D eigenvalue weighted by Gasteiger charge is -2.04. The second-order valence-corrected chi connectivity index (χ2v) is 3.22. The van der Waals surface area contributed by atoms with Gasteiger partial charge in [-0.1, -0.05) is 24.3 Å². The van der Waals surface area contributed by atoms with Crippen molar-refractivity contribution in [3.63, 3.8) is 0 Å². The predicted octanol–water partition coefficient (Wildman–Crippen LogP) is 2.49. The first kappa shape index (κ1) is 10.1. The Morgan fingerprint density at radius 3 is 2.77 bits per heavy atom. The summed E-state index contributed by atoms with van der Waals surface area (Å²) in [6, 6.07) is 8.09. The molecule has 3 heteroatoms. The van der Waals surface area contributed by atoms with Gasteiger partial charge in [-0.15, -0.1) is 0 Å². The molecule has 0 saturated heterocycles. The first-order valence-electron chi connectivity index (χ1n) is 4.18. The zero-order valence-electron chi connectivity index (χ0n) is 7.51. The van der Waals surface area contributed by atoms with Gasteiger partial charge in [0.05, 0.1) is 0 Å². The molecule has 0 atom stereocenters. The van der Waals surface area contributed by atoms with Crippen LogP contribution >= 0.6 is 11.6 Å². The largest absolute Gasteiger partial charge is 0.342 e. The van der Waals surface area contributed by atoms with Crippen LogP contribution < -0.4 is 5.32 Å². The average Bonchev–Trinajstić information content (AvgIpc) is 2.08. The van der Waals surface area contributed by atoms with Crippen LogP contribution in [-0.4, -0.2) is 11.9 Å². The highest BCUT2D eigenvalue weighted by atomic mass is 35.5. The van der Waals surface area contributed by atoms with Gasteiger partial charge in [0.2, 0.25) is 0 Å². The summed E-state index contributed by atoms with van der Waals surface area (Å²) in [5.41, 5.74) is 2.49. The number of hydrogen-bond donors (Lipinski definition) is 1. The average molecular weight is 198 g/mol. The first-order chi connectivity index (χ1) is 6.20. The van der Waals surface area contributed by atoms with Gasteiger partial charge < -0.3 is 5.32 Å². The smallest absolute Gasteiger partial charge is 0.313 e. The molecule has 0 heterocycles. The molecule has 1 N–H and O–H groups in total. The quantitative estimate of drug-likeness (QED) is 0.586. The summed E-state index contributed by atoms with van der Waals surface area (Å²) in [5.74, 6) is 0. The molecule has 0 saturated carbocycles. The Balaban J connectivity index is 2.45. The molecule has 0 unspecified atom stereocenters. The summed E-state index contributed by atoms with van der Waals surface area (Å²) in [6.45, 7) is 2.64. The molecule has 1 aromatic rings. The van der Waals surface area contributed by atoms with E-state index in [0.717, 1.165) is 6.42 Å². The molecule has 0 spiro atoms. The van der Waals surface area contributed by atoms with Crippen LogP contribution in [0.15, 0.2) is 24.3 Å². The molecule has 1 rings (SSSR count). The summed E-state index contributed by atoms with van der Waals surface area (Å²) in [6.07, 6.45) is 0.825. The van der Waals surface area contributed by atoms with Crippen LogP contribution in [0.3, 0.4) is 0 Å². The van der Waals surface area contributed by atoms with E-state index in [0.29, 0.717) is 6.54 Å². The Kier molecular flexibility index (Phi) is 3.77. The van der Waals surface area contributed by atoms with Gasteiger partial charge in [-0.05, 0) is 36.1 Å². The van der Waals surface area contributed by atoms with Crippen molar-refractivity contribution in [3.05, 3.63) is 35.4 Å². The summed E-state index contributed by atoms with van der Waals surface area (Å²) in [7, 11) is 0. The van der Waals surface area contributed by atoms with Gasteiger partial charge in [-0.3, -0.25) is 4.79 Å². The fraction of sp³-hybridized carbons (Fsp3) is 0.300. The lowest BCUT2D eigenvalue weighted by atomic mass is 10.1. The third-order valence-electron chi connectivity index (χ3n) is 1.92. The number of rotatable bonds is 3. The second-order valence-electron chi connectivity index (χ2n) is 2.88. The van der Waals surface area contributed by atoms with E-state index in [1.54, 1.807) is 0 Å². The number of nitrogens with one attached hydrogen (secondary N) is 1. The van der Waals surface area contributed by atoms with Crippen LogP contribution in [0.4, 0.5) is 4.79 Å². The highest BCUT2D eigenvalue weighted by Gasteiger charge is 1.97. The third kappa shape index (κ3) is 3.47. The monoisotopic (exact) mass is 197 g/mol. The lowest BCUT2D eigenvalue weighted by molar-refractivity contribution is 0.260. The Hall–Kier alpha value is -1.02. The van der Waals surface area contributed by atoms with E-state index >= 15 is 0 Å². The van der Waals surface area contributed by atoms with Crippen LogP contribution in [0.2, 0.25) is 0 Å². The molecule has 13 heavy (non-hydrogen) atoms. The summed E-state index contributed by atoms with van der Waals surface area (Å²) >= 11 is 5.13. The number of hydrogen-bond acceptors (Lipinski definition) is 1. The van der Waals surface area contributed by atoms with Crippen LogP contribution in [0.1, 0.15) is 11.1 Å². The normalized spacial score (nSPS) is 9.69. The molecule has 2 nitrogen and oxygen atoms in total. The number of aryl methyl sites for hydroxylation is 1. The Labute approximate surface area is 82.9 Å². The van der Waals surface area contributed by atoms with E-state index in [1.165, 1.54) is 11.1 Å². The number of carbonyl (C=O) groups excluding carboxylic acids is 1. The van der Waals surface area contributed by atoms with Crippen molar-refractivity contribution in [2.24, 2.45) is 0 Å². The molecule has 0 bridgehead atoms. The molecule has 1 amide bonds. The predicted molar refractivity (Wildman–Crippen MR) is 54.1 cm³/mol. The highest BCUT2D eigenvalue weighted by Crippen LogP contribution is 2.06. The minimum absolute atomic E-state index is 0.492. The molecule has 0 aliphatic rings. The molecule has 0 fully saturated rings. The second kappa shape index (κ2) is 4.87. The zero-order chi connectivity index (χ0) is 9.68. The molecule has 1 aromatic carbocycles. The summed E-state index contributed by atoms with van der Waals surface area (Å²) < 4.78 is 0. The number of amides is 1.